The number of nitrogens with zero attached hydrogens (tertiary/aromatic N) is 1. The highest BCUT2D eigenvalue weighted by Gasteiger charge is 2.18. The van der Waals surface area contributed by atoms with Gasteiger partial charge in [0, 0.05) is 13.1 Å². The van der Waals surface area contributed by atoms with E-state index in [2.05, 4.69) is 0 Å². The first-order valence-electron chi connectivity index (χ1n) is 10.5. The summed E-state index contributed by atoms with van der Waals surface area (Å²) in [5, 5.41) is 0. The quantitative estimate of drug-likeness (QED) is 0.611. The molecule has 2 aromatic rings. The van der Waals surface area contributed by atoms with E-state index in [0.717, 1.165) is 37.1 Å². The minimum atomic E-state index is -0.438. The first-order valence-corrected chi connectivity index (χ1v) is 10.5. The second-order valence-electron chi connectivity index (χ2n) is 7.39. The molecule has 0 atom stereocenters. The molecule has 6 heteroatoms. The number of hydrogen-bond acceptors (Lipinski definition) is 5. The Balaban J connectivity index is 1.61. The van der Waals surface area contributed by atoms with Crippen molar-refractivity contribution in [3.8, 4) is 11.5 Å². The first-order chi connectivity index (χ1) is 14.6. The van der Waals surface area contributed by atoms with E-state index in [0.29, 0.717) is 23.7 Å². The smallest absolute Gasteiger partial charge is 0.338 e. The Morgan fingerprint density at radius 1 is 0.933 bits per heavy atom. The third-order valence-corrected chi connectivity index (χ3v) is 5.03. The highest BCUT2D eigenvalue weighted by molar-refractivity contribution is 5.90. The molecule has 0 bridgehead atoms. The van der Waals surface area contributed by atoms with E-state index in [1.807, 2.05) is 43.0 Å². The van der Waals surface area contributed by atoms with Gasteiger partial charge in [0.2, 0.25) is 0 Å². The van der Waals surface area contributed by atoms with Crippen LogP contribution in [0.4, 0.5) is 0 Å². The molecular weight excluding hydrogens is 382 g/mol. The molecule has 0 aromatic heterocycles. The third-order valence-electron chi connectivity index (χ3n) is 5.03. The molecule has 6 nitrogen and oxygen atoms in total. The summed E-state index contributed by atoms with van der Waals surface area (Å²) in [6, 6.07) is 12.7. The Bertz CT molecular complexity index is 856. The molecule has 1 aliphatic heterocycles. The molecule has 2 aromatic carbocycles. The van der Waals surface area contributed by atoms with Crippen LogP contribution in [0.3, 0.4) is 0 Å². The van der Waals surface area contributed by atoms with Gasteiger partial charge in [-0.3, -0.25) is 4.79 Å². The molecule has 0 saturated carbocycles. The zero-order valence-corrected chi connectivity index (χ0v) is 17.7. The lowest BCUT2D eigenvalue weighted by atomic mass is 10.1. The lowest BCUT2D eigenvalue weighted by Crippen LogP contribution is -2.38. The zero-order chi connectivity index (χ0) is 21.3. The van der Waals surface area contributed by atoms with E-state index in [1.54, 1.807) is 18.2 Å². The minimum Gasteiger partial charge on any atom is -0.490 e. The standard InChI is InChI=1S/C24H29NO5/c1-3-28-22-15-20(24(27)30-16-19-9-7-18(2)8-10-19)11-12-21(22)29-17-23(26)25-13-5-4-6-14-25/h7-12,15H,3-6,13-14,16-17H2,1-2H3. The van der Waals surface area contributed by atoms with Crippen LogP contribution >= 0.6 is 0 Å². The van der Waals surface area contributed by atoms with Crippen molar-refractivity contribution >= 4 is 11.9 Å². The number of piperidine rings is 1. The third kappa shape index (κ3) is 5.99. The molecule has 0 unspecified atom stereocenters. The first kappa shape index (κ1) is 21.7. The van der Waals surface area contributed by atoms with Gasteiger partial charge < -0.3 is 19.1 Å². The number of hydrogen-bond donors (Lipinski definition) is 0. The number of rotatable bonds is 8. The number of carbonyl (C=O) groups excluding carboxylic acids is 2. The highest BCUT2D eigenvalue weighted by Crippen LogP contribution is 2.29. The second kappa shape index (κ2) is 10.7. The topological polar surface area (TPSA) is 65.1 Å². The molecule has 1 fully saturated rings. The van der Waals surface area contributed by atoms with E-state index in [9.17, 15) is 9.59 Å². The molecule has 30 heavy (non-hydrogen) atoms. The van der Waals surface area contributed by atoms with Crippen molar-refractivity contribution < 1.29 is 23.8 Å². The second-order valence-corrected chi connectivity index (χ2v) is 7.39. The zero-order valence-electron chi connectivity index (χ0n) is 17.7. The lowest BCUT2D eigenvalue weighted by molar-refractivity contribution is -0.134. The van der Waals surface area contributed by atoms with Gasteiger partial charge in [0.25, 0.3) is 5.91 Å². The SMILES string of the molecule is CCOc1cc(C(=O)OCc2ccc(C)cc2)ccc1OCC(=O)N1CCCCC1. The summed E-state index contributed by atoms with van der Waals surface area (Å²) in [5.41, 5.74) is 2.45. The Morgan fingerprint density at radius 2 is 1.67 bits per heavy atom. The minimum absolute atomic E-state index is 0.0290. The van der Waals surface area contributed by atoms with Gasteiger partial charge in [0.15, 0.2) is 18.1 Å². The summed E-state index contributed by atoms with van der Waals surface area (Å²) in [6.07, 6.45) is 3.24. The van der Waals surface area contributed by atoms with E-state index < -0.39 is 5.97 Å². The number of likely N-dealkylation sites (tertiary alicyclic amines) is 1. The number of esters is 1. The van der Waals surface area contributed by atoms with Gasteiger partial charge in [-0.2, -0.15) is 0 Å². The fourth-order valence-corrected chi connectivity index (χ4v) is 3.31. The van der Waals surface area contributed by atoms with E-state index >= 15 is 0 Å². The van der Waals surface area contributed by atoms with Gasteiger partial charge in [0.05, 0.1) is 12.2 Å². The van der Waals surface area contributed by atoms with Crippen LogP contribution in [-0.2, 0) is 16.1 Å². The predicted octanol–water partition coefficient (Wildman–Crippen LogP) is 4.14. The fourth-order valence-electron chi connectivity index (χ4n) is 3.31. The summed E-state index contributed by atoms with van der Waals surface area (Å²) in [5.74, 6) is 0.400. The molecule has 0 spiro atoms. The number of ether oxygens (including phenoxy) is 3. The Hall–Kier alpha value is -3.02. The molecule has 160 valence electrons. The molecule has 3 rings (SSSR count). The van der Waals surface area contributed by atoms with Gasteiger partial charge >= 0.3 is 5.97 Å². The summed E-state index contributed by atoms with van der Waals surface area (Å²) < 4.78 is 16.7. The Morgan fingerprint density at radius 3 is 2.37 bits per heavy atom. The van der Waals surface area contributed by atoms with Crippen molar-refractivity contribution in [3.63, 3.8) is 0 Å². The van der Waals surface area contributed by atoms with Gasteiger partial charge in [0.1, 0.15) is 6.61 Å². The van der Waals surface area contributed by atoms with E-state index in [4.69, 9.17) is 14.2 Å². The molecule has 1 saturated heterocycles. The van der Waals surface area contributed by atoms with Gasteiger partial charge in [-0.05, 0) is 56.9 Å². The largest absolute Gasteiger partial charge is 0.490 e. The molecule has 0 radical (unpaired) electrons. The van der Waals surface area contributed by atoms with Crippen LogP contribution in [0, 0.1) is 6.92 Å². The molecule has 1 amide bonds. The Kier molecular flexibility index (Phi) is 7.71. The van der Waals surface area contributed by atoms with Gasteiger partial charge in [-0.15, -0.1) is 0 Å². The average molecular weight is 411 g/mol. The van der Waals surface area contributed by atoms with E-state index in [-0.39, 0.29) is 19.1 Å². The lowest BCUT2D eigenvalue weighted by Gasteiger charge is -2.26. The maximum Gasteiger partial charge on any atom is 0.338 e. The maximum absolute atomic E-state index is 12.4. The molecule has 0 aliphatic carbocycles. The van der Waals surface area contributed by atoms with Crippen LogP contribution in [0.2, 0.25) is 0 Å². The monoisotopic (exact) mass is 411 g/mol. The fraction of sp³-hybridized carbons (Fsp3) is 0.417. The normalized spacial score (nSPS) is 13.6. The summed E-state index contributed by atoms with van der Waals surface area (Å²) >= 11 is 0. The number of carbonyl (C=O) groups is 2. The number of aryl methyl sites for hydroxylation is 1. The Labute approximate surface area is 177 Å². The number of amides is 1. The van der Waals surface area contributed by atoms with Crippen molar-refractivity contribution in [2.24, 2.45) is 0 Å². The number of benzene rings is 2. The summed E-state index contributed by atoms with van der Waals surface area (Å²) in [4.78, 5) is 26.6. The molecular formula is C24H29NO5. The van der Waals surface area contributed by atoms with Gasteiger partial charge in [-0.25, -0.2) is 4.79 Å². The van der Waals surface area contributed by atoms with Crippen molar-refractivity contribution in [1.82, 2.24) is 4.90 Å². The van der Waals surface area contributed by atoms with Crippen molar-refractivity contribution in [3.05, 3.63) is 59.2 Å². The van der Waals surface area contributed by atoms with Crippen molar-refractivity contribution in [2.75, 3.05) is 26.3 Å². The van der Waals surface area contributed by atoms with Gasteiger partial charge in [-0.1, -0.05) is 29.8 Å². The summed E-state index contributed by atoms with van der Waals surface area (Å²) in [7, 11) is 0. The maximum atomic E-state index is 12.4. The van der Waals surface area contributed by atoms with Crippen LogP contribution in [0.1, 0.15) is 47.7 Å². The molecule has 1 heterocycles. The van der Waals surface area contributed by atoms with E-state index in [1.165, 1.54) is 6.42 Å². The summed E-state index contributed by atoms with van der Waals surface area (Å²) in [6.45, 7) is 6.00. The predicted molar refractivity (Wildman–Crippen MR) is 114 cm³/mol. The molecule has 1 aliphatic rings. The van der Waals surface area contributed by atoms with Crippen LogP contribution in [0.25, 0.3) is 0 Å². The van der Waals surface area contributed by atoms with Crippen LogP contribution in [0.15, 0.2) is 42.5 Å². The van der Waals surface area contributed by atoms with Crippen molar-refractivity contribution in [1.29, 1.82) is 0 Å². The average Bonchev–Trinajstić information content (AvgIpc) is 2.78. The van der Waals surface area contributed by atoms with Crippen LogP contribution in [0.5, 0.6) is 11.5 Å². The molecule has 0 N–H and O–H groups in total. The highest BCUT2D eigenvalue weighted by atomic mass is 16.5. The van der Waals surface area contributed by atoms with Crippen molar-refractivity contribution in [2.45, 2.75) is 39.7 Å². The van der Waals surface area contributed by atoms with Crippen LogP contribution < -0.4 is 9.47 Å². The van der Waals surface area contributed by atoms with Crippen LogP contribution in [-0.4, -0.2) is 43.1 Å².